The lowest BCUT2D eigenvalue weighted by Crippen LogP contribution is -1.85. The maximum atomic E-state index is 8.69. The number of hydrogen-bond acceptors (Lipinski definition) is 1. The molecule has 0 saturated heterocycles. The Labute approximate surface area is 88.5 Å². The Kier molecular flexibility index (Phi) is 10.1. The van der Waals surface area contributed by atoms with E-state index in [1.54, 1.807) is 0 Å². The van der Waals surface area contributed by atoms with Crippen molar-refractivity contribution >= 4 is 0 Å². The van der Waals surface area contributed by atoms with Crippen LogP contribution in [0.25, 0.3) is 0 Å². The molecule has 0 spiro atoms. The molecule has 0 fully saturated rings. The number of aliphatic hydroxyl groups is 1. The first kappa shape index (κ1) is 13.4. The quantitative estimate of drug-likeness (QED) is 0.439. The van der Waals surface area contributed by atoms with Gasteiger partial charge in [0.15, 0.2) is 0 Å². The number of rotatable bonds is 9. The molecule has 14 heavy (non-hydrogen) atoms. The van der Waals surface area contributed by atoms with Crippen molar-refractivity contribution in [1.82, 2.24) is 0 Å². The van der Waals surface area contributed by atoms with Crippen LogP contribution < -0.4 is 0 Å². The molecule has 0 aliphatic heterocycles. The molecule has 0 aromatic rings. The first-order valence-corrected chi connectivity index (χ1v) is 5.77. The molecule has 0 radical (unpaired) electrons. The third kappa shape index (κ3) is 8.06. The van der Waals surface area contributed by atoms with Gasteiger partial charge < -0.3 is 5.11 Å². The highest BCUT2D eigenvalue weighted by Gasteiger charge is 1.92. The third-order valence-electron chi connectivity index (χ3n) is 2.35. The van der Waals surface area contributed by atoms with Gasteiger partial charge in [0.25, 0.3) is 0 Å². The lowest BCUT2D eigenvalue weighted by molar-refractivity contribution is 0.289. The zero-order valence-corrected chi connectivity index (χ0v) is 9.47. The van der Waals surface area contributed by atoms with Crippen LogP contribution in [0, 0.1) is 0 Å². The van der Waals surface area contributed by atoms with Crippen molar-refractivity contribution in [3.63, 3.8) is 0 Å². The fourth-order valence-corrected chi connectivity index (χ4v) is 1.43. The summed E-state index contributed by atoms with van der Waals surface area (Å²) in [4.78, 5) is 0. The fraction of sp³-hybridized carbons (Fsp3) is 0.692. The third-order valence-corrected chi connectivity index (χ3v) is 2.35. The van der Waals surface area contributed by atoms with E-state index in [1.165, 1.54) is 31.3 Å². The average molecular weight is 196 g/mol. The number of aliphatic hydroxyl groups excluding tert-OH is 1. The van der Waals surface area contributed by atoms with Crippen molar-refractivity contribution in [3.05, 3.63) is 24.3 Å². The largest absolute Gasteiger partial charge is 0.396 e. The molecule has 0 amide bonds. The summed E-state index contributed by atoms with van der Waals surface area (Å²) in [7, 11) is 0. The Balaban J connectivity index is 3.53. The number of unbranched alkanes of at least 4 members (excludes halogenated alkanes) is 4. The van der Waals surface area contributed by atoms with Crippen LogP contribution in [0.4, 0.5) is 0 Å². The van der Waals surface area contributed by atoms with Crippen LogP contribution in [0.5, 0.6) is 0 Å². The van der Waals surface area contributed by atoms with Crippen LogP contribution in [0.2, 0.25) is 0 Å². The molecule has 1 nitrogen and oxygen atoms in total. The topological polar surface area (TPSA) is 20.2 Å². The summed E-state index contributed by atoms with van der Waals surface area (Å²) in [6.45, 7) is 6.29. The van der Waals surface area contributed by atoms with E-state index in [4.69, 9.17) is 5.11 Å². The molecular formula is C13H24O. The highest BCUT2D eigenvalue weighted by molar-refractivity contribution is 5.15. The molecule has 0 aromatic carbocycles. The molecule has 0 unspecified atom stereocenters. The summed E-state index contributed by atoms with van der Waals surface area (Å²) in [5.74, 6) is 0. The Morgan fingerprint density at radius 1 is 1.21 bits per heavy atom. The molecule has 0 aliphatic rings. The lowest BCUT2D eigenvalue weighted by atomic mass is 10.1. The molecule has 1 N–H and O–H groups in total. The molecule has 1 heteroatoms. The van der Waals surface area contributed by atoms with Crippen LogP contribution in [-0.4, -0.2) is 11.7 Å². The molecule has 0 saturated carbocycles. The van der Waals surface area contributed by atoms with Gasteiger partial charge in [-0.2, -0.15) is 0 Å². The monoisotopic (exact) mass is 196 g/mol. The Morgan fingerprint density at radius 2 is 2.00 bits per heavy atom. The summed E-state index contributed by atoms with van der Waals surface area (Å²) < 4.78 is 0. The molecular weight excluding hydrogens is 172 g/mol. The van der Waals surface area contributed by atoms with E-state index in [0.717, 1.165) is 19.3 Å². The van der Waals surface area contributed by atoms with E-state index >= 15 is 0 Å². The van der Waals surface area contributed by atoms with Crippen molar-refractivity contribution in [2.45, 2.75) is 51.9 Å². The zero-order chi connectivity index (χ0) is 10.6. The fourth-order valence-electron chi connectivity index (χ4n) is 1.43. The molecule has 0 aromatic heterocycles. The summed E-state index contributed by atoms with van der Waals surface area (Å²) in [5.41, 5.74) is 1.29. The zero-order valence-electron chi connectivity index (χ0n) is 9.47. The van der Waals surface area contributed by atoms with Gasteiger partial charge in [0, 0.05) is 6.61 Å². The first-order valence-electron chi connectivity index (χ1n) is 5.77. The van der Waals surface area contributed by atoms with E-state index in [2.05, 4.69) is 19.6 Å². The highest BCUT2D eigenvalue weighted by Crippen LogP contribution is 2.10. The van der Waals surface area contributed by atoms with Crippen molar-refractivity contribution in [2.24, 2.45) is 0 Å². The van der Waals surface area contributed by atoms with Gasteiger partial charge in [-0.15, -0.1) is 0 Å². The van der Waals surface area contributed by atoms with Gasteiger partial charge in [-0.1, -0.05) is 50.5 Å². The van der Waals surface area contributed by atoms with Gasteiger partial charge in [-0.25, -0.2) is 0 Å². The maximum absolute atomic E-state index is 8.69. The van der Waals surface area contributed by atoms with Crippen molar-refractivity contribution in [2.75, 3.05) is 6.61 Å². The lowest BCUT2D eigenvalue weighted by Gasteiger charge is -2.00. The maximum Gasteiger partial charge on any atom is 0.0434 e. The predicted octanol–water partition coefficient (Wildman–Crippen LogP) is 3.84. The molecule has 0 rings (SSSR count). The van der Waals surface area contributed by atoms with Gasteiger partial charge in [-0.05, 0) is 25.7 Å². The summed E-state index contributed by atoms with van der Waals surface area (Å²) in [6, 6.07) is 0. The second-order valence-electron chi connectivity index (χ2n) is 3.66. The summed E-state index contributed by atoms with van der Waals surface area (Å²) >= 11 is 0. The van der Waals surface area contributed by atoms with E-state index in [-0.39, 0.29) is 6.61 Å². The van der Waals surface area contributed by atoms with Gasteiger partial charge in [0.2, 0.25) is 0 Å². The van der Waals surface area contributed by atoms with E-state index in [9.17, 15) is 0 Å². The Morgan fingerprint density at radius 3 is 2.57 bits per heavy atom. The molecule has 0 bridgehead atoms. The number of hydrogen-bond donors (Lipinski definition) is 1. The second-order valence-corrected chi connectivity index (χ2v) is 3.66. The second kappa shape index (κ2) is 10.5. The Hall–Kier alpha value is -0.560. The minimum absolute atomic E-state index is 0.279. The van der Waals surface area contributed by atoms with Crippen LogP contribution >= 0.6 is 0 Å². The minimum atomic E-state index is 0.279. The summed E-state index contributed by atoms with van der Waals surface area (Å²) in [6.07, 6.45) is 12.4. The van der Waals surface area contributed by atoms with Gasteiger partial charge in [-0.3, -0.25) is 0 Å². The van der Waals surface area contributed by atoms with Crippen LogP contribution in [0.3, 0.4) is 0 Å². The SMILES string of the molecule is C=C/C(=C\CCCCCC)CCCO. The van der Waals surface area contributed by atoms with Crippen molar-refractivity contribution < 1.29 is 5.11 Å². The summed E-state index contributed by atoms with van der Waals surface area (Å²) in [5, 5.41) is 8.69. The molecule has 0 heterocycles. The van der Waals surface area contributed by atoms with Crippen LogP contribution in [0.1, 0.15) is 51.9 Å². The van der Waals surface area contributed by atoms with E-state index < -0.39 is 0 Å². The van der Waals surface area contributed by atoms with Gasteiger partial charge in [0.1, 0.15) is 0 Å². The standard InChI is InChI=1S/C13H24O/c1-3-5-6-7-8-10-13(4-2)11-9-12-14/h4,10,14H,2-3,5-9,11-12H2,1H3/b13-10+. The predicted molar refractivity (Wildman–Crippen MR) is 63.4 cm³/mol. The Bertz CT molecular complexity index is 159. The molecule has 82 valence electrons. The van der Waals surface area contributed by atoms with Crippen LogP contribution in [0.15, 0.2) is 24.3 Å². The average Bonchev–Trinajstić information content (AvgIpc) is 2.22. The van der Waals surface area contributed by atoms with Crippen molar-refractivity contribution in [1.29, 1.82) is 0 Å². The normalized spacial score (nSPS) is 11.7. The number of allylic oxidation sites excluding steroid dienone is 3. The van der Waals surface area contributed by atoms with Gasteiger partial charge in [0.05, 0.1) is 0 Å². The van der Waals surface area contributed by atoms with E-state index in [0.29, 0.717) is 0 Å². The molecule has 0 atom stereocenters. The highest BCUT2D eigenvalue weighted by atomic mass is 16.2. The first-order chi connectivity index (χ1) is 6.85. The van der Waals surface area contributed by atoms with Crippen molar-refractivity contribution in [3.8, 4) is 0 Å². The van der Waals surface area contributed by atoms with E-state index in [1.807, 2.05) is 6.08 Å². The van der Waals surface area contributed by atoms with Gasteiger partial charge >= 0.3 is 0 Å². The smallest absolute Gasteiger partial charge is 0.0434 e. The van der Waals surface area contributed by atoms with Crippen LogP contribution in [-0.2, 0) is 0 Å². The molecule has 0 aliphatic carbocycles. The minimum Gasteiger partial charge on any atom is -0.396 e.